The third-order valence-electron chi connectivity index (χ3n) is 10.8. The fraction of sp³-hybridized carbons (Fsp3) is 0.900. The average molecular weight is 887 g/mol. The Hall–Kier alpha value is -0.300. The van der Waals surface area contributed by atoms with Gasteiger partial charge in [-0.15, -0.1) is 0 Å². The number of nitrogens with two attached hydrogens (primary N) is 2. The fourth-order valence-electron chi connectivity index (χ4n) is 7.69. The van der Waals surface area contributed by atoms with Crippen LogP contribution < -0.4 is 80.8 Å². The van der Waals surface area contributed by atoms with Gasteiger partial charge in [0, 0.05) is 22.8 Å². The van der Waals surface area contributed by atoms with Crippen molar-refractivity contribution in [2.24, 2.45) is 22.3 Å². The standard InChI is InChI=1S/2C20H39NO6S.2Na/c2*1-3-5-7-9-11-13-15-20(19(23)24,16-14-12-10-8-6-4-2)17(18(21)22)28(25,26)27;;/h2*17H,3-16H2,1-2H3,(H2,21,22)(H,23,24)(H,25,26,27);;/q;;2*+1/p-2. The van der Waals surface area contributed by atoms with Gasteiger partial charge in [0.2, 0.25) is 11.8 Å². The van der Waals surface area contributed by atoms with E-state index < -0.39 is 65.3 Å². The smallest absolute Gasteiger partial charge is 0.549 e. The maximum atomic E-state index is 12.1. The van der Waals surface area contributed by atoms with Crippen LogP contribution in [0, 0.1) is 10.8 Å². The van der Waals surface area contributed by atoms with Crippen LogP contribution in [0.15, 0.2) is 0 Å². The van der Waals surface area contributed by atoms with E-state index in [2.05, 4.69) is 27.7 Å². The maximum absolute atomic E-state index is 12.1. The third kappa shape index (κ3) is 26.2. The van der Waals surface area contributed by atoms with E-state index in [1.807, 2.05) is 0 Å². The summed E-state index contributed by atoms with van der Waals surface area (Å²) in [6, 6.07) is 0. The van der Waals surface area contributed by atoms with Crippen LogP contribution in [-0.2, 0) is 39.4 Å². The Balaban J connectivity index is -0.000000486. The van der Waals surface area contributed by atoms with E-state index in [1.165, 1.54) is 0 Å². The van der Waals surface area contributed by atoms with E-state index >= 15 is 0 Å². The number of primary amides is 2. The van der Waals surface area contributed by atoms with Crippen LogP contribution in [0.5, 0.6) is 0 Å². The average Bonchev–Trinajstić information content (AvgIpc) is 3.08. The van der Waals surface area contributed by atoms with Crippen molar-refractivity contribution in [3.63, 3.8) is 0 Å². The first-order valence-corrected chi connectivity index (χ1v) is 24.2. The van der Waals surface area contributed by atoms with Crippen molar-refractivity contribution in [3.8, 4) is 0 Å². The first kappa shape index (κ1) is 64.3. The molecule has 0 saturated carbocycles. The zero-order valence-electron chi connectivity index (χ0n) is 36.9. The van der Waals surface area contributed by atoms with Crippen LogP contribution in [0.4, 0.5) is 0 Å². The third-order valence-corrected chi connectivity index (χ3v) is 13.4. The number of unbranched alkanes of at least 4 members (excludes halogenated alkanes) is 20. The molecule has 2 amide bonds. The van der Waals surface area contributed by atoms with Crippen molar-refractivity contribution >= 4 is 44.0 Å². The van der Waals surface area contributed by atoms with Gasteiger partial charge in [0.15, 0.2) is 10.5 Å². The summed E-state index contributed by atoms with van der Waals surface area (Å²) in [7, 11) is -9.93. The summed E-state index contributed by atoms with van der Waals surface area (Å²) in [4.78, 5) is 47.8. The van der Waals surface area contributed by atoms with Crippen LogP contribution in [-0.4, -0.2) is 60.2 Å². The molecule has 0 aromatic heterocycles. The van der Waals surface area contributed by atoms with Crippen LogP contribution in [0.2, 0.25) is 0 Å². The molecule has 0 heterocycles. The molecular weight excluding hydrogens is 811 g/mol. The number of carbonyl (C=O) groups is 4. The molecule has 0 rings (SSSR count). The Bertz CT molecular complexity index is 1200. The molecule has 2 unspecified atom stereocenters. The number of hydrogen-bond acceptors (Lipinski definition) is 10. The van der Waals surface area contributed by atoms with Crippen LogP contribution >= 0.6 is 0 Å². The Kier molecular flexibility index (Phi) is 40.2. The van der Waals surface area contributed by atoms with Crippen molar-refractivity contribution in [1.82, 2.24) is 0 Å². The fourth-order valence-corrected chi connectivity index (χ4v) is 10.1. The predicted octanol–water partition coefficient (Wildman–Crippen LogP) is -0.0608. The summed E-state index contributed by atoms with van der Waals surface area (Å²) < 4.78 is 66.5. The van der Waals surface area contributed by atoms with Crippen molar-refractivity contribution in [2.45, 2.75) is 218 Å². The van der Waals surface area contributed by atoms with Crippen molar-refractivity contribution in [1.29, 1.82) is 0 Å². The molecular formula is C40H76N2Na2O12S2. The van der Waals surface area contributed by atoms with Gasteiger partial charge < -0.3 is 31.3 Å². The first-order chi connectivity index (χ1) is 26.3. The van der Waals surface area contributed by atoms with Gasteiger partial charge in [-0.05, 0) is 25.7 Å². The zero-order chi connectivity index (χ0) is 43.3. The topological polar surface area (TPSA) is 275 Å². The molecule has 0 aliphatic carbocycles. The first-order valence-electron chi connectivity index (χ1n) is 21.2. The van der Waals surface area contributed by atoms with Gasteiger partial charge in [0.05, 0.1) is 0 Å². The molecule has 14 nitrogen and oxygen atoms in total. The monoisotopic (exact) mass is 886 g/mol. The van der Waals surface area contributed by atoms with Crippen molar-refractivity contribution in [3.05, 3.63) is 0 Å². The summed E-state index contributed by atoms with van der Waals surface area (Å²) in [5.41, 5.74) is 6.45. The van der Waals surface area contributed by atoms with E-state index in [0.717, 1.165) is 128 Å². The van der Waals surface area contributed by atoms with Gasteiger partial charge in [0.1, 0.15) is 0 Å². The number of amides is 2. The molecule has 58 heavy (non-hydrogen) atoms. The maximum Gasteiger partial charge on any atom is 1.00 e. The second kappa shape index (κ2) is 36.2. The van der Waals surface area contributed by atoms with Crippen LogP contribution in [0.3, 0.4) is 0 Å². The second-order valence-corrected chi connectivity index (χ2v) is 18.6. The Labute approximate surface area is 395 Å². The van der Waals surface area contributed by atoms with Crippen molar-refractivity contribution < 1.29 is 114 Å². The molecule has 0 aliphatic rings. The molecule has 0 radical (unpaired) electrons. The molecule has 0 aliphatic heterocycles. The summed E-state index contributed by atoms with van der Waals surface area (Å²) in [5.74, 6) is -5.94. The number of hydrogen-bond donors (Lipinski definition) is 4. The van der Waals surface area contributed by atoms with Crippen LogP contribution in [0.1, 0.15) is 207 Å². The van der Waals surface area contributed by atoms with E-state index in [9.17, 15) is 55.3 Å². The van der Waals surface area contributed by atoms with Gasteiger partial charge in [-0.2, -0.15) is 16.8 Å². The predicted molar refractivity (Wildman–Crippen MR) is 216 cm³/mol. The molecule has 0 saturated heterocycles. The summed E-state index contributed by atoms with van der Waals surface area (Å²) in [6.07, 6.45) is 20.8. The second-order valence-electron chi connectivity index (χ2n) is 15.6. The number of rotatable bonds is 36. The Morgan fingerprint density at radius 2 is 0.603 bits per heavy atom. The molecule has 332 valence electrons. The molecule has 0 bridgehead atoms. The zero-order valence-corrected chi connectivity index (χ0v) is 42.5. The van der Waals surface area contributed by atoms with Gasteiger partial charge in [0.25, 0.3) is 20.2 Å². The molecule has 0 spiro atoms. The van der Waals surface area contributed by atoms with E-state index in [4.69, 9.17) is 11.5 Å². The largest absolute Gasteiger partial charge is 1.00 e. The minimum absolute atomic E-state index is 0. The summed E-state index contributed by atoms with van der Waals surface area (Å²) in [5, 5.41) is 19.7. The SMILES string of the molecule is CCCCCCCCC(CCCCCCCC)(C(=O)[O-])C(C(N)=O)S(=O)(=O)O.CCCCCCCCC(CCCCCCCC)(C(=O)[O-])C(C(N)=O)S(=O)(=O)O.[Na+].[Na+]. The molecule has 0 aromatic rings. The number of carboxylic acids is 2. The quantitative estimate of drug-likeness (QED) is 0.0366. The van der Waals surface area contributed by atoms with E-state index in [-0.39, 0.29) is 84.8 Å². The van der Waals surface area contributed by atoms with Gasteiger partial charge in [-0.1, -0.05) is 182 Å². The molecule has 2 atom stereocenters. The number of carboxylic acid groups (broad SMARTS) is 2. The molecule has 0 aromatic carbocycles. The normalized spacial score (nSPS) is 12.9. The summed E-state index contributed by atoms with van der Waals surface area (Å²) in [6.45, 7) is 8.35. The molecule has 6 N–H and O–H groups in total. The van der Waals surface area contributed by atoms with E-state index in [0.29, 0.717) is 25.7 Å². The number of carbonyl (C=O) groups excluding carboxylic acids is 4. The minimum atomic E-state index is -4.96. The Morgan fingerprint density at radius 3 is 0.741 bits per heavy atom. The Morgan fingerprint density at radius 1 is 0.431 bits per heavy atom. The van der Waals surface area contributed by atoms with Gasteiger partial charge in [-0.25, -0.2) is 0 Å². The van der Waals surface area contributed by atoms with Gasteiger partial charge in [-0.3, -0.25) is 18.7 Å². The van der Waals surface area contributed by atoms with Gasteiger partial charge >= 0.3 is 59.1 Å². The molecule has 18 heteroatoms. The summed E-state index contributed by atoms with van der Waals surface area (Å²) >= 11 is 0. The molecule has 0 fully saturated rings. The number of aliphatic carboxylic acids is 2. The van der Waals surface area contributed by atoms with Crippen LogP contribution in [0.25, 0.3) is 0 Å². The van der Waals surface area contributed by atoms with Crippen molar-refractivity contribution in [2.75, 3.05) is 0 Å². The van der Waals surface area contributed by atoms with E-state index in [1.54, 1.807) is 0 Å². The minimum Gasteiger partial charge on any atom is -0.549 e.